The van der Waals surface area contributed by atoms with Crippen LogP contribution in [0.15, 0.2) is 12.0 Å². The van der Waals surface area contributed by atoms with Crippen LogP contribution in [0.25, 0.3) is 0 Å². The van der Waals surface area contributed by atoms with Crippen molar-refractivity contribution < 1.29 is 17.8 Å². The Bertz CT molecular complexity index is 596. The van der Waals surface area contributed by atoms with Crippen molar-refractivity contribution in [3.8, 4) is 0 Å². The van der Waals surface area contributed by atoms with E-state index in [1.807, 2.05) is 0 Å². The fraction of sp³-hybridized carbons (Fsp3) is 0.857. The van der Waals surface area contributed by atoms with Gasteiger partial charge in [0.2, 0.25) is 5.91 Å². The molecule has 0 aromatic heterocycles. The van der Waals surface area contributed by atoms with Gasteiger partial charge in [-0.2, -0.15) is 0 Å². The molecule has 0 fully saturated rings. The molecule has 0 aromatic rings. The largest absolute Gasteiger partial charge is 0.370 e. The van der Waals surface area contributed by atoms with Crippen molar-refractivity contribution in [3.05, 3.63) is 12.0 Å². The van der Waals surface area contributed by atoms with E-state index >= 15 is 0 Å². The minimum Gasteiger partial charge on any atom is -0.370 e. The lowest BCUT2D eigenvalue weighted by Crippen LogP contribution is -2.31. The lowest BCUT2D eigenvalue weighted by molar-refractivity contribution is -0.117. The number of rotatable bonds is 17. The Morgan fingerprint density at radius 2 is 1.43 bits per heavy atom. The van der Waals surface area contributed by atoms with E-state index in [9.17, 15) is 17.8 Å². The second kappa shape index (κ2) is 13.6. The van der Waals surface area contributed by atoms with Crippen molar-refractivity contribution in [3.63, 3.8) is 0 Å². The molecular weight excluding hydrogens is 393 g/mol. The van der Waals surface area contributed by atoms with Crippen molar-refractivity contribution in [2.24, 2.45) is 17.6 Å². The number of carbonyl (C=O) groups is 1. The molecule has 0 spiro atoms. The maximum atomic E-state index is 14.3. The fourth-order valence-corrected chi connectivity index (χ4v) is 11.1. The molecule has 3 atom stereocenters. The molecule has 5 nitrogen and oxygen atoms in total. The van der Waals surface area contributed by atoms with Gasteiger partial charge in [-0.1, -0.05) is 85.6 Å². The standard InChI is InChI=1S/C21H42NO4PS/c1-6-11-13-18(8-3)16-27(24,17-19(9-4)14-12-7-2)21(15-20(22)23)28(25,26)10-5/h10,18-19,21H,5-9,11-17H2,1-4H3,(H2,22,23). The van der Waals surface area contributed by atoms with Gasteiger partial charge in [0.1, 0.15) is 12.1 Å². The summed E-state index contributed by atoms with van der Waals surface area (Å²) in [5, 5.41) is 0.854. The van der Waals surface area contributed by atoms with Gasteiger partial charge in [0.25, 0.3) is 0 Å². The van der Waals surface area contributed by atoms with Crippen LogP contribution in [-0.2, 0) is 19.2 Å². The summed E-state index contributed by atoms with van der Waals surface area (Å²) in [5.41, 5.74) is 5.37. The van der Waals surface area contributed by atoms with Gasteiger partial charge in [-0.15, -0.1) is 0 Å². The highest BCUT2D eigenvalue weighted by Crippen LogP contribution is 2.58. The Labute approximate surface area is 173 Å². The molecule has 0 aliphatic carbocycles. The van der Waals surface area contributed by atoms with Crippen LogP contribution < -0.4 is 5.73 Å². The molecule has 0 saturated carbocycles. The Hall–Kier alpha value is -0.610. The monoisotopic (exact) mass is 435 g/mol. The number of nitrogens with two attached hydrogens (primary N) is 1. The molecule has 0 heterocycles. The number of primary amides is 1. The van der Waals surface area contributed by atoms with Crippen molar-refractivity contribution in [2.75, 3.05) is 12.3 Å². The number of sulfone groups is 1. The van der Waals surface area contributed by atoms with Gasteiger partial charge in [-0.05, 0) is 11.8 Å². The second-order valence-electron chi connectivity index (χ2n) is 8.03. The van der Waals surface area contributed by atoms with E-state index in [4.69, 9.17) is 5.73 Å². The Morgan fingerprint density at radius 1 is 1.00 bits per heavy atom. The predicted molar refractivity (Wildman–Crippen MR) is 121 cm³/mol. The summed E-state index contributed by atoms with van der Waals surface area (Å²) in [6.45, 7) is 11.8. The maximum Gasteiger partial charge on any atom is 0.219 e. The first-order valence-corrected chi connectivity index (χ1v) is 14.6. The Morgan fingerprint density at radius 3 is 1.71 bits per heavy atom. The zero-order chi connectivity index (χ0) is 21.8. The average Bonchev–Trinajstić information content (AvgIpc) is 2.66. The highest BCUT2D eigenvalue weighted by atomic mass is 32.2. The topological polar surface area (TPSA) is 94.3 Å². The van der Waals surface area contributed by atoms with Crippen LogP contribution in [0.5, 0.6) is 0 Å². The molecule has 28 heavy (non-hydrogen) atoms. The molecule has 1 amide bonds. The van der Waals surface area contributed by atoms with Crippen molar-refractivity contribution in [1.29, 1.82) is 0 Å². The normalized spacial score (nSPS) is 17.4. The second-order valence-corrected chi connectivity index (χ2v) is 13.7. The molecule has 7 heteroatoms. The third-order valence-corrected chi connectivity index (χ3v) is 12.7. The molecule has 0 bridgehead atoms. The van der Waals surface area contributed by atoms with Crippen molar-refractivity contribution in [1.82, 2.24) is 0 Å². The summed E-state index contributed by atoms with van der Waals surface area (Å²) in [6, 6.07) is 0. The van der Waals surface area contributed by atoms with Crippen LogP contribution in [0.2, 0.25) is 0 Å². The first kappa shape index (κ1) is 27.4. The number of carbonyl (C=O) groups excluding carboxylic acids is 1. The van der Waals surface area contributed by atoms with E-state index in [2.05, 4.69) is 34.3 Å². The van der Waals surface area contributed by atoms with Crippen molar-refractivity contribution >= 4 is 22.9 Å². The van der Waals surface area contributed by atoms with Gasteiger partial charge in [0.05, 0.1) is 6.42 Å². The summed E-state index contributed by atoms with van der Waals surface area (Å²) < 4.78 is 39.8. The zero-order valence-corrected chi connectivity index (χ0v) is 20.1. The molecule has 0 rings (SSSR count). The summed E-state index contributed by atoms with van der Waals surface area (Å²) in [6.07, 6.45) is 8.07. The van der Waals surface area contributed by atoms with Crippen LogP contribution in [-0.4, -0.2) is 31.6 Å². The molecule has 0 aliphatic heterocycles. The van der Waals surface area contributed by atoms with Gasteiger partial charge < -0.3 is 10.3 Å². The molecule has 0 saturated heterocycles. The average molecular weight is 436 g/mol. The van der Waals surface area contributed by atoms with E-state index in [1.165, 1.54) is 0 Å². The highest BCUT2D eigenvalue weighted by molar-refractivity contribution is 8.02. The molecule has 0 aliphatic rings. The van der Waals surface area contributed by atoms with E-state index in [-0.39, 0.29) is 18.3 Å². The van der Waals surface area contributed by atoms with E-state index in [0.29, 0.717) is 12.3 Å². The van der Waals surface area contributed by atoms with Gasteiger partial charge >= 0.3 is 0 Å². The first-order chi connectivity index (χ1) is 13.1. The molecule has 3 unspecified atom stereocenters. The lowest BCUT2D eigenvalue weighted by Gasteiger charge is -2.32. The first-order valence-electron chi connectivity index (χ1n) is 10.8. The summed E-state index contributed by atoms with van der Waals surface area (Å²) in [4.78, 5) is 10.4. The minimum absolute atomic E-state index is 0.199. The number of amides is 1. The molecular formula is C21H42NO4PS. The number of hydrogen-bond donors (Lipinski definition) is 1. The third-order valence-electron chi connectivity index (χ3n) is 5.73. The molecule has 2 N–H and O–H groups in total. The SMILES string of the molecule is C=CS(=O)(=O)C(CC(N)=O)P(=O)(CC(CC)CCCC)CC(CC)CCCC. The number of unbranched alkanes of at least 4 members (excludes halogenated alkanes) is 2. The Balaban J connectivity index is 6.04. The molecule has 0 aromatic carbocycles. The zero-order valence-electron chi connectivity index (χ0n) is 18.4. The van der Waals surface area contributed by atoms with Crippen molar-refractivity contribution in [2.45, 2.75) is 90.5 Å². The third kappa shape index (κ3) is 9.26. The Kier molecular flexibility index (Phi) is 13.3. The number of hydrogen-bond acceptors (Lipinski definition) is 4. The summed E-state index contributed by atoms with van der Waals surface area (Å²) in [7, 11) is -7.07. The van der Waals surface area contributed by atoms with E-state index in [0.717, 1.165) is 56.8 Å². The van der Waals surface area contributed by atoms with E-state index in [1.54, 1.807) is 0 Å². The maximum absolute atomic E-state index is 14.3. The lowest BCUT2D eigenvalue weighted by atomic mass is 10.0. The quantitative estimate of drug-likeness (QED) is 0.303. The summed E-state index contributed by atoms with van der Waals surface area (Å²) in [5.74, 6) is -0.325. The van der Waals surface area contributed by atoms with Gasteiger partial charge in [0, 0.05) is 17.7 Å². The van der Waals surface area contributed by atoms with Crippen LogP contribution in [0.4, 0.5) is 0 Å². The van der Waals surface area contributed by atoms with Gasteiger partial charge in [0.15, 0.2) is 9.84 Å². The summed E-state index contributed by atoms with van der Waals surface area (Å²) >= 11 is 0. The predicted octanol–water partition coefficient (Wildman–Crippen LogP) is 5.54. The van der Waals surface area contributed by atoms with Crippen LogP contribution in [0, 0.1) is 11.8 Å². The van der Waals surface area contributed by atoms with E-state index < -0.39 is 27.9 Å². The van der Waals surface area contributed by atoms with Gasteiger partial charge in [-0.25, -0.2) is 8.42 Å². The highest BCUT2D eigenvalue weighted by Gasteiger charge is 2.43. The van der Waals surface area contributed by atoms with Gasteiger partial charge in [-0.3, -0.25) is 4.79 Å². The van der Waals surface area contributed by atoms with Crippen LogP contribution in [0.1, 0.15) is 85.5 Å². The molecule has 0 radical (unpaired) electrons. The smallest absolute Gasteiger partial charge is 0.219 e. The molecule has 166 valence electrons. The minimum atomic E-state index is -3.86. The van der Waals surface area contributed by atoms with Crippen LogP contribution in [0.3, 0.4) is 0 Å². The van der Waals surface area contributed by atoms with Crippen LogP contribution >= 0.6 is 7.14 Å². The fourth-order valence-electron chi connectivity index (χ4n) is 3.85.